The Morgan fingerprint density at radius 2 is 1.90 bits per heavy atom. The molecule has 1 N–H and O–H groups in total. The molecule has 0 aliphatic carbocycles. The van der Waals surface area contributed by atoms with Crippen LogP contribution in [0.5, 0.6) is 0 Å². The summed E-state index contributed by atoms with van der Waals surface area (Å²) in [4.78, 5) is 8.28. The minimum atomic E-state index is -3.15. The summed E-state index contributed by atoms with van der Waals surface area (Å²) in [7, 11) is -3.15. The summed E-state index contributed by atoms with van der Waals surface area (Å²) in [6.45, 7) is 0.638. The van der Waals surface area contributed by atoms with E-state index < -0.39 is 9.84 Å². The molecule has 0 radical (unpaired) electrons. The molecule has 1 aromatic carbocycles. The number of hydrogen-bond donors (Lipinski definition) is 1. The summed E-state index contributed by atoms with van der Waals surface area (Å²) in [5, 5.41) is 11.7. The van der Waals surface area contributed by atoms with Crippen LogP contribution < -0.4 is 5.32 Å². The van der Waals surface area contributed by atoms with E-state index in [1.807, 2.05) is 6.07 Å². The maximum atomic E-state index is 11.3. The molecular weight excluding hydrogens is 288 g/mol. The van der Waals surface area contributed by atoms with Crippen molar-refractivity contribution in [3.05, 3.63) is 47.9 Å². The summed E-state index contributed by atoms with van der Waals surface area (Å²) < 4.78 is 22.7. The standard InChI is InChI=1S/C14H14N4O2S/c1-21(19,20)13-4-2-11(3-5-13)6-7-16-14-10-17-12(8-15)9-18-14/h2-5,9-10H,6-7H2,1H3,(H,16,18). The van der Waals surface area contributed by atoms with Gasteiger partial charge in [-0.1, -0.05) is 12.1 Å². The second-order valence-electron chi connectivity index (χ2n) is 4.49. The van der Waals surface area contributed by atoms with E-state index in [2.05, 4.69) is 15.3 Å². The molecule has 0 atom stereocenters. The van der Waals surface area contributed by atoms with Crippen LogP contribution in [-0.2, 0) is 16.3 Å². The van der Waals surface area contributed by atoms with E-state index in [0.717, 1.165) is 12.0 Å². The van der Waals surface area contributed by atoms with Crippen LogP contribution in [0.4, 0.5) is 5.82 Å². The van der Waals surface area contributed by atoms with Gasteiger partial charge in [-0.25, -0.2) is 18.4 Å². The van der Waals surface area contributed by atoms with Crippen LogP contribution >= 0.6 is 0 Å². The SMILES string of the molecule is CS(=O)(=O)c1ccc(CCNc2cnc(C#N)cn2)cc1. The van der Waals surface area contributed by atoms with Crippen molar-refractivity contribution in [3.63, 3.8) is 0 Å². The lowest BCUT2D eigenvalue weighted by Crippen LogP contribution is -2.07. The van der Waals surface area contributed by atoms with Crippen molar-refractivity contribution >= 4 is 15.7 Å². The first-order valence-electron chi connectivity index (χ1n) is 6.24. The monoisotopic (exact) mass is 302 g/mol. The number of nitriles is 1. The van der Waals surface area contributed by atoms with E-state index >= 15 is 0 Å². The Morgan fingerprint density at radius 3 is 2.43 bits per heavy atom. The van der Waals surface area contributed by atoms with Crippen molar-refractivity contribution in [3.8, 4) is 6.07 Å². The van der Waals surface area contributed by atoms with E-state index in [0.29, 0.717) is 17.3 Å². The van der Waals surface area contributed by atoms with Crippen molar-refractivity contribution in [2.75, 3.05) is 18.1 Å². The van der Waals surface area contributed by atoms with E-state index in [9.17, 15) is 8.42 Å². The Balaban J connectivity index is 1.90. The molecule has 0 amide bonds. The van der Waals surface area contributed by atoms with Crippen LogP contribution in [0.25, 0.3) is 0 Å². The average molecular weight is 302 g/mol. The van der Waals surface area contributed by atoms with Crippen LogP contribution in [0.2, 0.25) is 0 Å². The van der Waals surface area contributed by atoms with E-state index in [1.165, 1.54) is 18.6 Å². The lowest BCUT2D eigenvalue weighted by atomic mass is 10.1. The van der Waals surface area contributed by atoms with Crippen molar-refractivity contribution < 1.29 is 8.42 Å². The molecule has 0 bridgehead atoms. The highest BCUT2D eigenvalue weighted by molar-refractivity contribution is 7.90. The molecule has 108 valence electrons. The quantitative estimate of drug-likeness (QED) is 0.897. The molecule has 0 fully saturated rings. The fraction of sp³-hybridized carbons (Fsp3) is 0.214. The molecule has 0 aliphatic rings. The van der Waals surface area contributed by atoms with Gasteiger partial charge < -0.3 is 5.32 Å². The molecule has 1 aromatic heterocycles. The highest BCUT2D eigenvalue weighted by Crippen LogP contribution is 2.11. The molecule has 21 heavy (non-hydrogen) atoms. The van der Waals surface area contributed by atoms with Crippen LogP contribution in [-0.4, -0.2) is 31.2 Å². The molecule has 0 aliphatic heterocycles. The molecule has 0 unspecified atom stereocenters. The van der Waals surface area contributed by atoms with Crippen LogP contribution in [0.3, 0.4) is 0 Å². The number of nitrogens with one attached hydrogen (secondary N) is 1. The Hall–Kier alpha value is -2.46. The molecule has 7 heteroatoms. The predicted molar refractivity (Wildman–Crippen MR) is 78.5 cm³/mol. The Bertz CT molecular complexity index is 747. The van der Waals surface area contributed by atoms with Gasteiger partial charge in [0.1, 0.15) is 11.9 Å². The van der Waals surface area contributed by atoms with Gasteiger partial charge in [0.25, 0.3) is 0 Å². The van der Waals surface area contributed by atoms with Gasteiger partial charge in [0, 0.05) is 12.8 Å². The number of aromatic nitrogens is 2. The maximum absolute atomic E-state index is 11.3. The Morgan fingerprint density at radius 1 is 1.19 bits per heavy atom. The number of nitrogens with zero attached hydrogens (tertiary/aromatic N) is 3. The normalized spacial score (nSPS) is 10.9. The third-order valence-corrected chi connectivity index (χ3v) is 3.97. The van der Waals surface area contributed by atoms with Gasteiger partial charge in [-0.05, 0) is 24.1 Å². The summed E-state index contributed by atoms with van der Waals surface area (Å²) >= 11 is 0. The molecule has 2 rings (SSSR count). The molecule has 0 spiro atoms. The fourth-order valence-corrected chi connectivity index (χ4v) is 2.35. The number of benzene rings is 1. The van der Waals surface area contributed by atoms with Gasteiger partial charge in [0.2, 0.25) is 0 Å². The maximum Gasteiger partial charge on any atom is 0.175 e. The van der Waals surface area contributed by atoms with E-state index in [4.69, 9.17) is 5.26 Å². The van der Waals surface area contributed by atoms with Gasteiger partial charge in [0.15, 0.2) is 15.5 Å². The number of sulfone groups is 1. The van der Waals surface area contributed by atoms with Crippen molar-refractivity contribution in [2.45, 2.75) is 11.3 Å². The highest BCUT2D eigenvalue weighted by atomic mass is 32.2. The van der Waals surface area contributed by atoms with Gasteiger partial charge in [-0.3, -0.25) is 0 Å². The second-order valence-corrected chi connectivity index (χ2v) is 6.51. The van der Waals surface area contributed by atoms with E-state index in [-0.39, 0.29) is 5.69 Å². The van der Waals surface area contributed by atoms with Crippen LogP contribution in [0, 0.1) is 11.3 Å². The average Bonchev–Trinajstić information content (AvgIpc) is 2.47. The van der Waals surface area contributed by atoms with Crippen LogP contribution in [0.1, 0.15) is 11.3 Å². The van der Waals surface area contributed by atoms with Gasteiger partial charge in [-0.15, -0.1) is 0 Å². The van der Waals surface area contributed by atoms with Gasteiger partial charge >= 0.3 is 0 Å². The molecular formula is C14H14N4O2S. The predicted octanol–water partition coefficient (Wildman–Crippen LogP) is 1.41. The number of hydrogen-bond acceptors (Lipinski definition) is 6. The lowest BCUT2D eigenvalue weighted by molar-refractivity contribution is 0.602. The van der Waals surface area contributed by atoms with Crippen molar-refractivity contribution in [1.82, 2.24) is 9.97 Å². The van der Waals surface area contributed by atoms with Crippen molar-refractivity contribution in [1.29, 1.82) is 5.26 Å². The third-order valence-electron chi connectivity index (χ3n) is 2.84. The summed E-state index contributed by atoms with van der Waals surface area (Å²) in [5.41, 5.74) is 1.30. The zero-order valence-corrected chi connectivity index (χ0v) is 12.3. The first-order valence-corrected chi connectivity index (χ1v) is 8.13. The number of anilines is 1. The summed E-state index contributed by atoms with van der Waals surface area (Å²) in [6.07, 6.45) is 4.83. The highest BCUT2D eigenvalue weighted by Gasteiger charge is 2.05. The summed E-state index contributed by atoms with van der Waals surface area (Å²) in [5.74, 6) is 0.599. The van der Waals surface area contributed by atoms with E-state index in [1.54, 1.807) is 24.3 Å². The molecule has 2 aromatic rings. The minimum absolute atomic E-state index is 0.275. The zero-order valence-electron chi connectivity index (χ0n) is 11.4. The minimum Gasteiger partial charge on any atom is -0.368 e. The number of rotatable bonds is 5. The Kier molecular flexibility index (Phi) is 4.50. The topological polar surface area (TPSA) is 95.7 Å². The first-order chi connectivity index (χ1) is 9.99. The van der Waals surface area contributed by atoms with Gasteiger partial charge in [-0.2, -0.15) is 5.26 Å². The fourth-order valence-electron chi connectivity index (χ4n) is 1.72. The molecule has 6 nitrogen and oxygen atoms in total. The molecule has 1 heterocycles. The molecule has 0 saturated heterocycles. The molecule has 0 saturated carbocycles. The first kappa shape index (κ1) is 14.9. The second kappa shape index (κ2) is 6.33. The van der Waals surface area contributed by atoms with Gasteiger partial charge in [0.05, 0.1) is 17.3 Å². The third kappa shape index (κ3) is 4.26. The summed E-state index contributed by atoms with van der Waals surface area (Å²) in [6, 6.07) is 8.70. The lowest BCUT2D eigenvalue weighted by Gasteiger charge is -2.06. The van der Waals surface area contributed by atoms with Crippen LogP contribution in [0.15, 0.2) is 41.6 Å². The largest absolute Gasteiger partial charge is 0.368 e. The zero-order chi connectivity index (χ0) is 15.3. The van der Waals surface area contributed by atoms with Crippen molar-refractivity contribution in [2.24, 2.45) is 0 Å². The Labute approximate surface area is 123 Å². The smallest absolute Gasteiger partial charge is 0.175 e.